The number of likely N-dealkylation sites (tertiary alicyclic amines) is 1. The van der Waals surface area contributed by atoms with Crippen LogP contribution in [0.4, 0.5) is 0 Å². The van der Waals surface area contributed by atoms with Crippen LogP contribution in [-0.4, -0.2) is 37.1 Å². The van der Waals surface area contributed by atoms with Crippen LogP contribution in [0.25, 0.3) is 0 Å². The molecule has 2 fully saturated rings. The Balaban J connectivity index is 0.000000396. The first-order valence-electron chi connectivity index (χ1n) is 5.72. The highest BCUT2D eigenvalue weighted by Gasteiger charge is 2.37. The van der Waals surface area contributed by atoms with Crippen LogP contribution in [0.1, 0.15) is 33.6 Å². The Labute approximate surface area is 82.7 Å². The molecule has 78 valence electrons. The maximum absolute atomic E-state index is 3.55. The van der Waals surface area contributed by atoms with E-state index in [-0.39, 0.29) is 0 Å². The van der Waals surface area contributed by atoms with Gasteiger partial charge < -0.3 is 10.2 Å². The number of hydrogen-bond acceptors (Lipinski definition) is 2. The van der Waals surface area contributed by atoms with Gasteiger partial charge in [0.05, 0.1) is 0 Å². The summed E-state index contributed by atoms with van der Waals surface area (Å²) in [5.41, 5.74) is 0. The molecule has 1 N–H and O–H groups in total. The van der Waals surface area contributed by atoms with Crippen LogP contribution in [0.2, 0.25) is 0 Å². The van der Waals surface area contributed by atoms with Gasteiger partial charge in [0, 0.05) is 12.1 Å². The molecule has 0 bridgehead atoms. The predicted molar refractivity (Wildman–Crippen MR) is 58.0 cm³/mol. The average Bonchev–Trinajstić information content (AvgIpc) is 2.53. The largest absolute Gasteiger partial charge is 0.314 e. The highest BCUT2D eigenvalue weighted by molar-refractivity contribution is 4.94. The molecule has 0 saturated carbocycles. The van der Waals surface area contributed by atoms with E-state index >= 15 is 0 Å². The molecule has 0 aromatic heterocycles. The van der Waals surface area contributed by atoms with Crippen molar-refractivity contribution in [1.82, 2.24) is 10.2 Å². The van der Waals surface area contributed by atoms with E-state index in [9.17, 15) is 0 Å². The normalized spacial score (nSPS) is 39.2. The fourth-order valence-electron chi connectivity index (χ4n) is 2.67. The quantitative estimate of drug-likeness (QED) is 0.616. The second-order valence-electron chi connectivity index (χ2n) is 4.03. The molecule has 3 atom stereocenters. The van der Waals surface area contributed by atoms with E-state index in [0.29, 0.717) is 0 Å². The highest BCUT2D eigenvalue weighted by Crippen LogP contribution is 2.30. The van der Waals surface area contributed by atoms with Crippen LogP contribution in [0.15, 0.2) is 0 Å². The van der Waals surface area contributed by atoms with E-state index in [1.54, 1.807) is 0 Å². The molecule has 2 aliphatic rings. The Morgan fingerprint density at radius 2 is 1.92 bits per heavy atom. The summed E-state index contributed by atoms with van der Waals surface area (Å²) in [5.74, 6) is 0.925. The van der Waals surface area contributed by atoms with Crippen molar-refractivity contribution >= 4 is 0 Å². The van der Waals surface area contributed by atoms with E-state index in [1.807, 2.05) is 13.8 Å². The molecule has 2 heteroatoms. The maximum Gasteiger partial charge on any atom is 0.0148 e. The zero-order chi connectivity index (χ0) is 9.84. The van der Waals surface area contributed by atoms with Crippen LogP contribution < -0.4 is 5.32 Å². The summed E-state index contributed by atoms with van der Waals surface area (Å²) in [4.78, 5) is 2.53. The van der Waals surface area contributed by atoms with Crippen molar-refractivity contribution in [2.24, 2.45) is 5.92 Å². The smallest absolute Gasteiger partial charge is 0.0148 e. The number of fused-ring (bicyclic) bond motifs is 1. The third-order valence-corrected chi connectivity index (χ3v) is 3.42. The molecule has 13 heavy (non-hydrogen) atoms. The first-order valence-corrected chi connectivity index (χ1v) is 5.72. The van der Waals surface area contributed by atoms with Crippen LogP contribution in [0, 0.1) is 5.92 Å². The fraction of sp³-hybridized carbons (Fsp3) is 1.00. The molecule has 2 heterocycles. The molecule has 0 spiro atoms. The lowest BCUT2D eigenvalue weighted by molar-refractivity contribution is 0.192. The topological polar surface area (TPSA) is 15.3 Å². The molecule has 3 unspecified atom stereocenters. The second kappa shape index (κ2) is 4.97. The number of rotatable bonds is 0. The molecular weight excluding hydrogens is 160 g/mol. The Kier molecular flexibility index (Phi) is 4.20. The van der Waals surface area contributed by atoms with Crippen molar-refractivity contribution in [2.45, 2.75) is 45.7 Å². The minimum atomic E-state index is 0.749. The summed E-state index contributed by atoms with van der Waals surface area (Å²) >= 11 is 0. The molecular formula is C11H24N2. The van der Waals surface area contributed by atoms with Crippen molar-refractivity contribution in [3.05, 3.63) is 0 Å². The van der Waals surface area contributed by atoms with Crippen LogP contribution >= 0.6 is 0 Å². The van der Waals surface area contributed by atoms with Gasteiger partial charge >= 0.3 is 0 Å². The summed E-state index contributed by atoms with van der Waals surface area (Å²) in [7, 11) is 2.27. The third kappa shape index (κ3) is 2.23. The van der Waals surface area contributed by atoms with Crippen molar-refractivity contribution in [2.75, 3.05) is 20.1 Å². The minimum Gasteiger partial charge on any atom is -0.314 e. The molecule has 2 aliphatic heterocycles. The van der Waals surface area contributed by atoms with Gasteiger partial charge in [-0.15, -0.1) is 0 Å². The van der Waals surface area contributed by atoms with Crippen molar-refractivity contribution in [1.29, 1.82) is 0 Å². The van der Waals surface area contributed by atoms with Gasteiger partial charge in [-0.05, 0) is 45.8 Å². The first-order chi connectivity index (χ1) is 6.29. The lowest BCUT2D eigenvalue weighted by Gasteiger charge is -2.34. The maximum atomic E-state index is 3.55. The Morgan fingerprint density at radius 3 is 2.54 bits per heavy atom. The molecule has 2 rings (SSSR count). The lowest BCUT2D eigenvalue weighted by atomic mass is 9.88. The molecule has 0 aromatic carbocycles. The lowest BCUT2D eigenvalue weighted by Crippen LogP contribution is -2.47. The van der Waals surface area contributed by atoms with Crippen LogP contribution in [-0.2, 0) is 0 Å². The SMILES string of the molecule is CC.CC1NCCC2C1CCN2C. The van der Waals surface area contributed by atoms with Gasteiger partial charge in [0.2, 0.25) is 0 Å². The molecule has 2 saturated heterocycles. The van der Waals surface area contributed by atoms with Gasteiger partial charge in [0.1, 0.15) is 0 Å². The molecule has 0 amide bonds. The van der Waals surface area contributed by atoms with Gasteiger partial charge in [-0.25, -0.2) is 0 Å². The third-order valence-electron chi connectivity index (χ3n) is 3.42. The standard InChI is InChI=1S/C9H18N2.C2H6/c1-7-8-4-6-11(2)9(8)3-5-10-7;1-2/h7-10H,3-6H2,1-2H3;1-2H3. The van der Waals surface area contributed by atoms with E-state index in [0.717, 1.165) is 18.0 Å². The second-order valence-corrected chi connectivity index (χ2v) is 4.03. The Hall–Kier alpha value is -0.0800. The van der Waals surface area contributed by atoms with E-state index in [2.05, 4.69) is 24.2 Å². The van der Waals surface area contributed by atoms with Crippen molar-refractivity contribution < 1.29 is 0 Å². The van der Waals surface area contributed by atoms with E-state index in [4.69, 9.17) is 0 Å². The van der Waals surface area contributed by atoms with Crippen LogP contribution in [0.3, 0.4) is 0 Å². The number of nitrogens with zero attached hydrogens (tertiary/aromatic N) is 1. The van der Waals surface area contributed by atoms with Crippen molar-refractivity contribution in [3.8, 4) is 0 Å². The van der Waals surface area contributed by atoms with Gasteiger partial charge in [0.15, 0.2) is 0 Å². The van der Waals surface area contributed by atoms with Crippen molar-refractivity contribution in [3.63, 3.8) is 0 Å². The summed E-state index contributed by atoms with van der Waals surface area (Å²) in [6.07, 6.45) is 2.75. The van der Waals surface area contributed by atoms with Gasteiger partial charge in [-0.3, -0.25) is 0 Å². The monoisotopic (exact) mass is 184 g/mol. The summed E-state index contributed by atoms with van der Waals surface area (Å²) in [6, 6.07) is 1.63. The fourth-order valence-corrected chi connectivity index (χ4v) is 2.67. The van der Waals surface area contributed by atoms with Gasteiger partial charge in [0.25, 0.3) is 0 Å². The van der Waals surface area contributed by atoms with Gasteiger partial charge in [-0.2, -0.15) is 0 Å². The number of hydrogen-bond donors (Lipinski definition) is 1. The number of piperidine rings is 1. The summed E-state index contributed by atoms with van der Waals surface area (Å²) < 4.78 is 0. The number of nitrogens with one attached hydrogen (secondary N) is 1. The minimum absolute atomic E-state index is 0.749. The zero-order valence-electron chi connectivity index (χ0n) is 9.51. The first kappa shape index (κ1) is 11.0. The Bertz CT molecular complexity index is 145. The predicted octanol–water partition coefficient (Wildman–Crippen LogP) is 1.71. The molecule has 0 aromatic rings. The van der Waals surface area contributed by atoms with Crippen LogP contribution in [0.5, 0.6) is 0 Å². The molecule has 2 nitrogen and oxygen atoms in total. The van der Waals surface area contributed by atoms with E-state index in [1.165, 1.54) is 25.9 Å². The average molecular weight is 184 g/mol. The highest BCUT2D eigenvalue weighted by atomic mass is 15.2. The summed E-state index contributed by atoms with van der Waals surface area (Å²) in [5, 5.41) is 3.55. The molecule has 0 radical (unpaired) electrons. The zero-order valence-corrected chi connectivity index (χ0v) is 9.51. The Morgan fingerprint density at radius 1 is 1.23 bits per heavy atom. The van der Waals surface area contributed by atoms with E-state index < -0.39 is 0 Å². The summed E-state index contributed by atoms with van der Waals surface area (Å²) in [6.45, 7) is 8.85. The van der Waals surface area contributed by atoms with Gasteiger partial charge in [-0.1, -0.05) is 13.8 Å². The molecule has 0 aliphatic carbocycles.